The average molecular weight is 508 g/mol. The average Bonchev–Trinajstić information content (AvgIpc) is 3.57. The molecule has 1 nitrogen and oxygen atoms in total. The second-order valence-corrected chi connectivity index (χ2v) is 8.87. The predicted molar refractivity (Wildman–Crippen MR) is 134 cm³/mol. The van der Waals surface area contributed by atoms with E-state index >= 15 is 0 Å². The van der Waals surface area contributed by atoms with Gasteiger partial charge in [0, 0.05) is 0 Å². The highest BCUT2D eigenvalue weighted by molar-refractivity contribution is 14.1. The van der Waals surface area contributed by atoms with Crippen molar-refractivity contribution < 1.29 is 4.74 Å². The molecule has 0 aliphatic heterocycles. The highest BCUT2D eigenvalue weighted by Crippen LogP contribution is 2.47. The van der Waals surface area contributed by atoms with Gasteiger partial charge in [0.25, 0.3) is 0 Å². The van der Waals surface area contributed by atoms with Gasteiger partial charge in [-0.2, -0.15) is 0 Å². The van der Waals surface area contributed by atoms with Crippen LogP contribution in [0.5, 0.6) is 0 Å². The molecule has 1 aliphatic carbocycles. The van der Waals surface area contributed by atoms with Gasteiger partial charge in [-0.3, -0.25) is 0 Å². The standard InChI is InChI=1S/C28H29IO/c1-2-22-20-23(22)21-27(18-19-29)30-28(24-12-6-3-7-13-24,25-14-8-4-9-15-25)26-16-10-5-11-17-26/h3-19,22-23,27H,2,20-21H2,1H3. The van der Waals surface area contributed by atoms with Gasteiger partial charge < -0.3 is 4.74 Å². The van der Waals surface area contributed by atoms with Gasteiger partial charge in [-0.15, -0.1) is 0 Å². The smallest absolute Gasteiger partial charge is 0.144 e. The predicted octanol–water partition coefficient (Wildman–Crippen LogP) is 7.75. The highest BCUT2D eigenvalue weighted by atomic mass is 127. The van der Waals surface area contributed by atoms with Crippen LogP contribution in [-0.2, 0) is 10.3 Å². The van der Waals surface area contributed by atoms with Crippen molar-refractivity contribution in [3.05, 3.63) is 118 Å². The monoisotopic (exact) mass is 508 g/mol. The van der Waals surface area contributed by atoms with Crippen molar-refractivity contribution in [3.8, 4) is 0 Å². The second kappa shape index (κ2) is 9.93. The zero-order chi connectivity index (χ0) is 20.8. The number of ether oxygens (including phenoxy) is 1. The fourth-order valence-corrected chi connectivity index (χ4v) is 5.06. The van der Waals surface area contributed by atoms with Crippen molar-refractivity contribution >= 4 is 22.6 Å². The second-order valence-electron chi connectivity index (χ2n) is 8.15. The van der Waals surface area contributed by atoms with Crippen molar-refractivity contribution in [3.63, 3.8) is 0 Å². The summed E-state index contributed by atoms with van der Waals surface area (Å²) in [6, 6.07) is 32.0. The summed E-state index contributed by atoms with van der Waals surface area (Å²) >= 11 is 2.32. The molecular formula is C28H29IO. The zero-order valence-electron chi connectivity index (χ0n) is 17.5. The molecular weight excluding hydrogens is 479 g/mol. The van der Waals surface area contributed by atoms with E-state index in [1.54, 1.807) is 0 Å². The van der Waals surface area contributed by atoms with Crippen LogP contribution in [0.3, 0.4) is 0 Å². The fraction of sp³-hybridized carbons (Fsp3) is 0.286. The molecule has 0 saturated heterocycles. The third-order valence-electron chi connectivity index (χ3n) is 6.28. The lowest BCUT2D eigenvalue weighted by atomic mass is 9.79. The maximum absolute atomic E-state index is 7.19. The summed E-state index contributed by atoms with van der Waals surface area (Å²) in [6.45, 7) is 2.30. The lowest BCUT2D eigenvalue weighted by Gasteiger charge is -2.38. The zero-order valence-corrected chi connectivity index (χ0v) is 19.6. The van der Waals surface area contributed by atoms with Crippen LogP contribution in [0.1, 0.15) is 42.9 Å². The van der Waals surface area contributed by atoms with Crippen LogP contribution in [0.15, 0.2) is 101 Å². The molecule has 3 unspecified atom stereocenters. The maximum atomic E-state index is 7.19. The minimum Gasteiger partial charge on any atom is -0.354 e. The molecule has 4 rings (SSSR count). The molecule has 2 heteroatoms. The number of hydrogen-bond acceptors (Lipinski definition) is 1. The van der Waals surface area contributed by atoms with Crippen molar-refractivity contribution in [1.82, 2.24) is 0 Å². The summed E-state index contributed by atoms with van der Waals surface area (Å²) in [6.07, 6.45) is 5.97. The molecule has 0 radical (unpaired) electrons. The lowest BCUT2D eigenvalue weighted by molar-refractivity contribution is -0.0303. The van der Waals surface area contributed by atoms with Gasteiger partial charge in [0.1, 0.15) is 5.60 Å². The van der Waals surface area contributed by atoms with Crippen LogP contribution in [0, 0.1) is 11.8 Å². The molecule has 3 atom stereocenters. The van der Waals surface area contributed by atoms with Crippen molar-refractivity contribution in [2.45, 2.75) is 37.9 Å². The highest BCUT2D eigenvalue weighted by Gasteiger charge is 2.42. The molecule has 30 heavy (non-hydrogen) atoms. The maximum Gasteiger partial charge on any atom is 0.144 e. The minimum atomic E-state index is -0.652. The first-order valence-corrected chi connectivity index (χ1v) is 12.1. The third-order valence-corrected chi connectivity index (χ3v) is 6.70. The molecule has 0 amide bonds. The van der Waals surface area contributed by atoms with E-state index < -0.39 is 5.60 Å². The molecule has 0 aromatic heterocycles. The quantitative estimate of drug-likeness (QED) is 0.212. The van der Waals surface area contributed by atoms with Gasteiger partial charge >= 0.3 is 0 Å². The van der Waals surface area contributed by atoms with Gasteiger partial charge in [0.15, 0.2) is 0 Å². The molecule has 0 heterocycles. The van der Waals surface area contributed by atoms with Crippen LogP contribution in [0.25, 0.3) is 0 Å². The number of hydrogen-bond donors (Lipinski definition) is 0. The Hall–Kier alpha value is -1.91. The van der Waals surface area contributed by atoms with Crippen LogP contribution >= 0.6 is 22.6 Å². The van der Waals surface area contributed by atoms with Gasteiger partial charge in [0.05, 0.1) is 6.10 Å². The molecule has 1 fully saturated rings. The Bertz CT molecular complexity index is 839. The Morgan fingerprint density at radius 3 is 1.67 bits per heavy atom. The number of halogens is 1. The largest absolute Gasteiger partial charge is 0.354 e. The first-order chi connectivity index (χ1) is 14.8. The Morgan fingerprint density at radius 1 is 0.833 bits per heavy atom. The fourth-order valence-electron chi connectivity index (χ4n) is 4.59. The SMILES string of the molecule is CCC1CC1CC(C=CI)OC(c1ccccc1)(c1ccccc1)c1ccccc1. The summed E-state index contributed by atoms with van der Waals surface area (Å²) in [5.41, 5.74) is 2.84. The van der Waals surface area contributed by atoms with Crippen molar-refractivity contribution in [2.75, 3.05) is 0 Å². The molecule has 154 valence electrons. The van der Waals surface area contributed by atoms with E-state index in [1.165, 1.54) is 12.8 Å². The van der Waals surface area contributed by atoms with Gasteiger partial charge in [-0.25, -0.2) is 0 Å². The van der Waals surface area contributed by atoms with Crippen LogP contribution in [0.2, 0.25) is 0 Å². The van der Waals surface area contributed by atoms with E-state index in [-0.39, 0.29) is 6.10 Å². The van der Waals surface area contributed by atoms with Crippen LogP contribution in [-0.4, -0.2) is 6.10 Å². The molecule has 0 N–H and O–H groups in total. The summed E-state index contributed by atoms with van der Waals surface area (Å²) in [5, 5.41) is 0. The van der Waals surface area contributed by atoms with Gasteiger partial charge in [-0.1, -0.05) is 127 Å². The molecule has 1 saturated carbocycles. The third kappa shape index (κ3) is 4.55. The van der Waals surface area contributed by atoms with E-state index in [1.807, 2.05) is 0 Å². The van der Waals surface area contributed by atoms with Crippen molar-refractivity contribution in [1.29, 1.82) is 0 Å². The van der Waals surface area contributed by atoms with Crippen molar-refractivity contribution in [2.24, 2.45) is 11.8 Å². The molecule has 0 spiro atoms. The Kier molecular flexibility index (Phi) is 7.06. The Balaban J connectivity index is 1.83. The van der Waals surface area contributed by atoms with Gasteiger partial charge in [-0.05, 0) is 51.5 Å². The first kappa shape index (κ1) is 21.3. The van der Waals surface area contributed by atoms with Gasteiger partial charge in [0.2, 0.25) is 0 Å². The molecule has 3 aromatic rings. The Morgan fingerprint density at radius 2 is 1.30 bits per heavy atom. The van der Waals surface area contributed by atoms with E-state index in [0.29, 0.717) is 0 Å². The summed E-state index contributed by atoms with van der Waals surface area (Å²) in [5.74, 6) is 1.63. The van der Waals surface area contributed by atoms with E-state index in [4.69, 9.17) is 4.74 Å². The molecule has 3 aromatic carbocycles. The van der Waals surface area contributed by atoms with E-state index in [2.05, 4.69) is 131 Å². The van der Waals surface area contributed by atoms with Crippen LogP contribution < -0.4 is 0 Å². The summed E-state index contributed by atoms with van der Waals surface area (Å²) in [4.78, 5) is 0. The topological polar surface area (TPSA) is 9.23 Å². The van der Waals surface area contributed by atoms with Crippen LogP contribution in [0.4, 0.5) is 0 Å². The number of benzene rings is 3. The Labute approximate surface area is 194 Å². The van der Waals surface area contributed by atoms with E-state index in [9.17, 15) is 0 Å². The summed E-state index contributed by atoms with van der Waals surface area (Å²) < 4.78 is 9.30. The lowest BCUT2D eigenvalue weighted by Crippen LogP contribution is -2.36. The summed E-state index contributed by atoms with van der Waals surface area (Å²) in [7, 11) is 0. The first-order valence-electron chi connectivity index (χ1n) is 10.9. The minimum absolute atomic E-state index is 0.0593. The molecule has 1 aliphatic rings. The molecule has 0 bridgehead atoms. The van der Waals surface area contributed by atoms with E-state index in [0.717, 1.165) is 34.9 Å². The normalized spacial score (nSPS) is 19.7. The number of rotatable bonds is 9.